The molecule has 0 radical (unpaired) electrons. The van der Waals surface area contributed by atoms with Crippen molar-refractivity contribution in [1.82, 2.24) is 0 Å². The van der Waals surface area contributed by atoms with Crippen LogP contribution in [-0.4, -0.2) is 28.8 Å². The van der Waals surface area contributed by atoms with Gasteiger partial charge in [0, 0.05) is 6.08 Å². The Morgan fingerprint density at radius 3 is 2.30 bits per heavy atom. The van der Waals surface area contributed by atoms with E-state index in [1.54, 1.807) is 25.1 Å². The monoisotopic (exact) mass is 492 g/mol. The Bertz CT molecular complexity index is 1480. The molecule has 0 unspecified atom stereocenters. The Labute approximate surface area is 216 Å². The van der Waals surface area contributed by atoms with Crippen molar-refractivity contribution in [3.63, 3.8) is 0 Å². The van der Waals surface area contributed by atoms with Crippen LogP contribution in [0.4, 0.5) is 0 Å². The number of benzene rings is 4. The summed E-state index contributed by atoms with van der Waals surface area (Å²) in [6.45, 7) is 2.34. The molecule has 0 spiro atoms. The molecule has 0 aliphatic rings. The number of aliphatic carboxylic acids is 1. The van der Waals surface area contributed by atoms with E-state index in [-0.39, 0.29) is 5.56 Å². The van der Waals surface area contributed by atoms with Gasteiger partial charge in [-0.15, -0.1) is 0 Å². The second kappa shape index (κ2) is 11.9. The minimum Gasteiger partial charge on any atom is -0.494 e. The van der Waals surface area contributed by atoms with E-state index in [1.807, 2.05) is 60.7 Å². The topological polar surface area (TPSA) is 83.8 Å². The first kappa shape index (κ1) is 25.5. The third-order valence-electron chi connectivity index (χ3n) is 6.05. The van der Waals surface area contributed by atoms with Crippen molar-refractivity contribution >= 4 is 34.4 Å². The van der Waals surface area contributed by atoms with Gasteiger partial charge in [0.25, 0.3) is 0 Å². The van der Waals surface area contributed by atoms with E-state index in [9.17, 15) is 19.8 Å². The van der Waals surface area contributed by atoms with Crippen molar-refractivity contribution in [3.05, 3.63) is 125 Å². The van der Waals surface area contributed by atoms with E-state index in [2.05, 4.69) is 12.1 Å². The molecule has 0 fully saturated rings. The molecule has 0 saturated heterocycles. The number of fused-ring (bicyclic) bond motifs is 1. The van der Waals surface area contributed by atoms with Gasteiger partial charge in [0.05, 0.1) is 12.2 Å². The van der Waals surface area contributed by atoms with Gasteiger partial charge < -0.3 is 14.9 Å². The molecular weight excluding hydrogens is 464 g/mol. The molecule has 0 aliphatic carbocycles. The standard InChI is InChI=1S/C32H28O5/c1-22(17-31(33)34)30(27-10-5-11-28(20-27)32(35)36)19-24-12-13-26-21-29(15-14-25(26)18-24)37-16-6-9-23-7-3-2-4-8-23/h2-5,7-8,10-15,17-21H,6,9,16H2,1H3,(H,33,34)(H,35,36)/b22-17+,30-19-. The predicted octanol–water partition coefficient (Wildman–Crippen LogP) is 7.12. The molecule has 2 N–H and O–H groups in total. The number of ether oxygens (including phenoxy) is 1. The molecule has 186 valence electrons. The van der Waals surface area contributed by atoms with E-state index in [0.29, 0.717) is 23.3 Å². The fourth-order valence-corrected chi connectivity index (χ4v) is 4.21. The maximum absolute atomic E-state index is 11.5. The first-order valence-electron chi connectivity index (χ1n) is 12.1. The van der Waals surface area contributed by atoms with Crippen LogP contribution in [0.1, 0.15) is 40.4 Å². The summed E-state index contributed by atoms with van der Waals surface area (Å²) in [7, 11) is 0. The van der Waals surface area contributed by atoms with Gasteiger partial charge in [-0.2, -0.15) is 0 Å². The maximum Gasteiger partial charge on any atom is 0.335 e. The molecule has 4 rings (SSSR count). The van der Waals surface area contributed by atoms with Gasteiger partial charge >= 0.3 is 11.9 Å². The van der Waals surface area contributed by atoms with Crippen LogP contribution in [0, 0.1) is 0 Å². The number of carboxylic acids is 2. The lowest BCUT2D eigenvalue weighted by Gasteiger charge is -2.11. The fraction of sp³-hybridized carbons (Fsp3) is 0.125. The summed E-state index contributed by atoms with van der Waals surface area (Å²) in [6, 6.07) is 28.8. The normalized spacial score (nSPS) is 11.9. The van der Waals surface area contributed by atoms with Crippen LogP contribution in [0.5, 0.6) is 5.75 Å². The number of hydrogen-bond donors (Lipinski definition) is 2. The fourth-order valence-electron chi connectivity index (χ4n) is 4.21. The van der Waals surface area contributed by atoms with Crippen molar-refractivity contribution in [2.24, 2.45) is 0 Å². The number of aryl methyl sites for hydroxylation is 1. The molecule has 4 aromatic rings. The van der Waals surface area contributed by atoms with E-state index in [4.69, 9.17) is 4.74 Å². The highest BCUT2D eigenvalue weighted by atomic mass is 16.5. The van der Waals surface area contributed by atoms with Crippen LogP contribution in [0.3, 0.4) is 0 Å². The minimum atomic E-state index is -1.06. The molecule has 0 amide bonds. The third kappa shape index (κ3) is 6.95. The lowest BCUT2D eigenvalue weighted by Crippen LogP contribution is -1.99. The summed E-state index contributed by atoms with van der Waals surface area (Å²) in [4.78, 5) is 22.8. The largest absolute Gasteiger partial charge is 0.494 e. The highest BCUT2D eigenvalue weighted by Gasteiger charge is 2.10. The lowest BCUT2D eigenvalue weighted by molar-refractivity contribution is -0.131. The summed E-state index contributed by atoms with van der Waals surface area (Å²) >= 11 is 0. The average molecular weight is 493 g/mol. The van der Waals surface area contributed by atoms with Crippen LogP contribution in [0.2, 0.25) is 0 Å². The van der Waals surface area contributed by atoms with Gasteiger partial charge in [0.15, 0.2) is 0 Å². The zero-order chi connectivity index (χ0) is 26.2. The van der Waals surface area contributed by atoms with E-state index in [0.717, 1.165) is 41.0 Å². The van der Waals surface area contributed by atoms with Crippen LogP contribution in [0.15, 0.2) is 103 Å². The highest BCUT2D eigenvalue weighted by Crippen LogP contribution is 2.29. The van der Waals surface area contributed by atoms with Crippen LogP contribution in [-0.2, 0) is 11.2 Å². The van der Waals surface area contributed by atoms with Crippen LogP contribution < -0.4 is 4.74 Å². The van der Waals surface area contributed by atoms with E-state index < -0.39 is 11.9 Å². The van der Waals surface area contributed by atoms with Crippen molar-refractivity contribution in [3.8, 4) is 5.75 Å². The van der Waals surface area contributed by atoms with Crippen molar-refractivity contribution < 1.29 is 24.5 Å². The number of allylic oxidation sites excluding steroid dienone is 2. The summed E-state index contributed by atoms with van der Waals surface area (Å²) in [5, 5.41) is 20.7. The molecule has 4 aromatic carbocycles. The SMILES string of the molecule is CC(=C\C(=O)O)/C(=C/c1ccc2cc(OCCCc3ccccc3)ccc2c1)c1cccc(C(=O)O)c1. The zero-order valence-electron chi connectivity index (χ0n) is 20.6. The van der Waals surface area contributed by atoms with E-state index in [1.165, 1.54) is 11.6 Å². The molecule has 0 bridgehead atoms. The number of hydrogen-bond acceptors (Lipinski definition) is 3. The Hall–Kier alpha value is -4.64. The molecule has 0 heterocycles. The Kier molecular flexibility index (Phi) is 8.16. The molecule has 5 nitrogen and oxygen atoms in total. The predicted molar refractivity (Wildman–Crippen MR) is 147 cm³/mol. The minimum absolute atomic E-state index is 0.140. The molecule has 0 atom stereocenters. The smallest absolute Gasteiger partial charge is 0.335 e. The first-order chi connectivity index (χ1) is 17.9. The molecule has 0 aromatic heterocycles. The number of carbonyl (C=O) groups is 2. The highest BCUT2D eigenvalue weighted by molar-refractivity contribution is 5.98. The molecular formula is C32H28O5. The third-order valence-corrected chi connectivity index (χ3v) is 6.05. The van der Waals surface area contributed by atoms with Crippen LogP contribution in [0.25, 0.3) is 22.4 Å². The Morgan fingerprint density at radius 1 is 0.811 bits per heavy atom. The van der Waals surface area contributed by atoms with Crippen molar-refractivity contribution in [2.75, 3.05) is 6.61 Å². The van der Waals surface area contributed by atoms with Gasteiger partial charge in [-0.05, 0) is 94.8 Å². The van der Waals surface area contributed by atoms with Crippen LogP contribution >= 0.6 is 0 Å². The summed E-state index contributed by atoms with van der Waals surface area (Å²) < 4.78 is 5.96. The van der Waals surface area contributed by atoms with E-state index >= 15 is 0 Å². The Morgan fingerprint density at radius 2 is 1.54 bits per heavy atom. The summed E-state index contributed by atoms with van der Waals surface area (Å²) in [5.41, 5.74) is 4.11. The summed E-state index contributed by atoms with van der Waals surface area (Å²) in [5.74, 6) is -1.28. The molecule has 37 heavy (non-hydrogen) atoms. The first-order valence-corrected chi connectivity index (χ1v) is 12.1. The van der Waals surface area contributed by atoms with Gasteiger partial charge in [-0.25, -0.2) is 9.59 Å². The van der Waals surface area contributed by atoms with Crippen molar-refractivity contribution in [1.29, 1.82) is 0 Å². The molecule has 5 heteroatoms. The average Bonchev–Trinajstić information content (AvgIpc) is 2.90. The number of aromatic carboxylic acids is 1. The van der Waals surface area contributed by atoms with Gasteiger partial charge in [0.2, 0.25) is 0 Å². The quantitative estimate of drug-likeness (QED) is 0.107. The second-order valence-electron chi connectivity index (χ2n) is 8.82. The second-order valence-corrected chi connectivity index (χ2v) is 8.82. The molecule has 0 aliphatic heterocycles. The zero-order valence-corrected chi connectivity index (χ0v) is 20.6. The van der Waals surface area contributed by atoms with Crippen molar-refractivity contribution in [2.45, 2.75) is 19.8 Å². The van der Waals surface area contributed by atoms with Gasteiger partial charge in [-0.3, -0.25) is 0 Å². The number of rotatable bonds is 10. The van der Waals surface area contributed by atoms with Gasteiger partial charge in [0.1, 0.15) is 5.75 Å². The maximum atomic E-state index is 11.5. The molecule has 0 saturated carbocycles. The Balaban J connectivity index is 1.56. The lowest BCUT2D eigenvalue weighted by atomic mass is 9.94. The summed E-state index contributed by atoms with van der Waals surface area (Å²) in [6.07, 6.45) is 4.91. The number of carboxylic acid groups (broad SMARTS) is 2. The van der Waals surface area contributed by atoms with Gasteiger partial charge in [-0.1, -0.05) is 60.7 Å².